The molecule has 0 bridgehead atoms. The third-order valence-corrected chi connectivity index (χ3v) is 4.43. The third-order valence-electron chi connectivity index (χ3n) is 4.43. The number of para-hydroxylation sites is 1. The molecule has 0 amide bonds. The van der Waals surface area contributed by atoms with E-state index in [0.29, 0.717) is 5.54 Å². The summed E-state index contributed by atoms with van der Waals surface area (Å²) in [5.74, 6) is 0.946. The Bertz CT molecular complexity index is 424. The van der Waals surface area contributed by atoms with Gasteiger partial charge in [0.1, 0.15) is 11.4 Å². The molecule has 1 N–H and O–H groups in total. The first kappa shape index (κ1) is 10.8. The van der Waals surface area contributed by atoms with E-state index in [4.69, 9.17) is 4.74 Å². The van der Waals surface area contributed by atoms with Gasteiger partial charge in [0, 0.05) is 13.6 Å². The number of methoxy groups -OCH3 is 1. The number of benzene rings is 1. The second-order valence-corrected chi connectivity index (χ2v) is 5.20. The highest BCUT2D eigenvalue weighted by Crippen LogP contribution is 2.46. The van der Waals surface area contributed by atoms with Crippen LogP contribution in [0.3, 0.4) is 0 Å². The van der Waals surface area contributed by atoms with Crippen molar-refractivity contribution in [2.24, 2.45) is 0 Å². The first-order valence-electron chi connectivity index (χ1n) is 6.42. The van der Waals surface area contributed by atoms with Gasteiger partial charge in [0.05, 0.1) is 18.3 Å². The number of hydrogen-bond donors (Lipinski definition) is 1. The highest BCUT2D eigenvalue weighted by molar-refractivity contribution is 5.79. The first-order chi connectivity index (χ1) is 8.27. The van der Waals surface area contributed by atoms with E-state index in [1.54, 1.807) is 7.11 Å². The number of nitrogens with one attached hydrogen (secondary N) is 1. The van der Waals surface area contributed by atoms with Gasteiger partial charge in [0.2, 0.25) is 0 Å². The molecule has 3 rings (SSSR count). The standard InChI is InChI=1S/C14H20N2O/c1-16-11-6-5-7-12(17-2)13(11)15-10-14(16)8-3-4-9-14/h5-7,15H,3-4,8-10H2,1-2H3. The molecule has 1 aromatic rings. The molecule has 0 unspecified atom stereocenters. The van der Waals surface area contributed by atoms with Crippen molar-refractivity contribution in [3.8, 4) is 5.75 Å². The Hall–Kier alpha value is -1.38. The number of nitrogens with zero attached hydrogens (tertiary/aromatic N) is 1. The minimum atomic E-state index is 0.333. The van der Waals surface area contributed by atoms with Gasteiger partial charge in [-0.25, -0.2) is 0 Å². The van der Waals surface area contributed by atoms with Crippen LogP contribution in [0.25, 0.3) is 0 Å². The number of fused-ring (bicyclic) bond motifs is 1. The fraction of sp³-hybridized carbons (Fsp3) is 0.571. The molecule has 1 fully saturated rings. The van der Waals surface area contributed by atoms with Crippen LogP contribution < -0.4 is 15.0 Å². The molecule has 1 spiro atoms. The lowest BCUT2D eigenvalue weighted by Crippen LogP contribution is -2.52. The zero-order valence-corrected chi connectivity index (χ0v) is 10.6. The minimum Gasteiger partial charge on any atom is -0.495 e. The molecular formula is C14H20N2O. The molecule has 3 heteroatoms. The van der Waals surface area contributed by atoms with E-state index in [-0.39, 0.29) is 0 Å². The Morgan fingerprint density at radius 2 is 2.06 bits per heavy atom. The number of ether oxygens (including phenoxy) is 1. The molecule has 0 saturated heterocycles. The molecule has 92 valence electrons. The lowest BCUT2D eigenvalue weighted by atomic mass is 9.92. The highest BCUT2D eigenvalue weighted by atomic mass is 16.5. The lowest BCUT2D eigenvalue weighted by Gasteiger charge is -2.45. The number of rotatable bonds is 1. The summed E-state index contributed by atoms with van der Waals surface area (Å²) < 4.78 is 5.42. The second-order valence-electron chi connectivity index (χ2n) is 5.20. The molecule has 1 aromatic carbocycles. The normalized spacial score (nSPS) is 21.2. The van der Waals surface area contributed by atoms with Crippen LogP contribution in [0.15, 0.2) is 18.2 Å². The first-order valence-corrected chi connectivity index (χ1v) is 6.42. The predicted molar refractivity (Wildman–Crippen MR) is 71.1 cm³/mol. The van der Waals surface area contributed by atoms with Crippen molar-refractivity contribution in [1.29, 1.82) is 0 Å². The van der Waals surface area contributed by atoms with Crippen LogP contribution in [0.5, 0.6) is 5.75 Å². The van der Waals surface area contributed by atoms with Gasteiger partial charge < -0.3 is 15.0 Å². The summed E-state index contributed by atoms with van der Waals surface area (Å²) in [6.45, 7) is 1.04. The van der Waals surface area contributed by atoms with Crippen molar-refractivity contribution >= 4 is 11.4 Å². The van der Waals surface area contributed by atoms with Gasteiger partial charge in [-0.3, -0.25) is 0 Å². The van der Waals surface area contributed by atoms with Crippen LogP contribution in [-0.4, -0.2) is 26.2 Å². The van der Waals surface area contributed by atoms with Gasteiger partial charge >= 0.3 is 0 Å². The van der Waals surface area contributed by atoms with E-state index >= 15 is 0 Å². The summed E-state index contributed by atoms with van der Waals surface area (Å²) in [7, 11) is 3.96. The van der Waals surface area contributed by atoms with Crippen molar-refractivity contribution in [1.82, 2.24) is 0 Å². The molecule has 17 heavy (non-hydrogen) atoms. The Morgan fingerprint density at radius 1 is 1.29 bits per heavy atom. The van der Waals surface area contributed by atoms with E-state index in [0.717, 1.165) is 18.0 Å². The van der Waals surface area contributed by atoms with Gasteiger partial charge in [-0.1, -0.05) is 18.9 Å². The maximum atomic E-state index is 5.42. The summed E-state index contributed by atoms with van der Waals surface area (Å²) >= 11 is 0. The molecule has 0 aromatic heterocycles. The topological polar surface area (TPSA) is 24.5 Å². The second kappa shape index (κ2) is 3.83. The van der Waals surface area contributed by atoms with E-state index in [1.807, 2.05) is 6.07 Å². The summed E-state index contributed by atoms with van der Waals surface area (Å²) in [5, 5.41) is 3.58. The van der Waals surface area contributed by atoms with Crippen LogP contribution in [0.4, 0.5) is 11.4 Å². The van der Waals surface area contributed by atoms with E-state index in [9.17, 15) is 0 Å². The van der Waals surface area contributed by atoms with Crippen LogP contribution in [0, 0.1) is 0 Å². The maximum absolute atomic E-state index is 5.42. The smallest absolute Gasteiger partial charge is 0.144 e. The van der Waals surface area contributed by atoms with E-state index < -0.39 is 0 Å². The van der Waals surface area contributed by atoms with Crippen molar-refractivity contribution in [2.45, 2.75) is 31.2 Å². The average molecular weight is 232 g/mol. The highest BCUT2D eigenvalue weighted by Gasteiger charge is 2.41. The van der Waals surface area contributed by atoms with Gasteiger partial charge in [-0.2, -0.15) is 0 Å². The fourth-order valence-corrected chi connectivity index (χ4v) is 3.32. The van der Waals surface area contributed by atoms with Gasteiger partial charge in [-0.05, 0) is 25.0 Å². The van der Waals surface area contributed by atoms with E-state index in [2.05, 4.69) is 29.4 Å². The Labute approximate surface area is 103 Å². The molecule has 2 aliphatic rings. The number of anilines is 2. The van der Waals surface area contributed by atoms with Crippen molar-refractivity contribution in [3.63, 3.8) is 0 Å². The van der Waals surface area contributed by atoms with Crippen molar-refractivity contribution < 1.29 is 4.74 Å². The zero-order valence-electron chi connectivity index (χ0n) is 10.6. The van der Waals surface area contributed by atoms with Crippen LogP contribution >= 0.6 is 0 Å². The number of hydrogen-bond acceptors (Lipinski definition) is 3. The molecule has 1 aliphatic heterocycles. The SMILES string of the molecule is COc1cccc2c1NCC1(CCCC1)N2C. The quantitative estimate of drug-likeness (QED) is 0.805. The van der Waals surface area contributed by atoms with E-state index in [1.165, 1.54) is 31.4 Å². The molecular weight excluding hydrogens is 212 g/mol. The average Bonchev–Trinajstić information content (AvgIpc) is 2.83. The van der Waals surface area contributed by atoms with Gasteiger partial charge in [-0.15, -0.1) is 0 Å². The summed E-state index contributed by atoms with van der Waals surface area (Å²) in [6.07, 6.45) is 5.30. The molecule has 0 radical (unpaired) electrons. The summed E-state index contributed by atoms with van der Waals surface area (Å²) in [5.41, 5.74) is 2.76. The fourth-order valence-electron chi connectivity index (χ4n) is 3.32. The largest absolute Gasteiger partial charge is 0.495 e. The Morgan fingerprint density at radius 3 is 2.76 bits per heavy atom. The zero-order chi connectivity index (χ0) is 11.9. The van der Waals surface area contributed by atoms with Crippen LogP contribution in [0.2, 0.25) is 0 Å². The maximum Gasteiger partial charge on any atom is 0.144 e. The van der Waals surface area contributed by atoms with Gasteiger partial charge in [0.15, 0.2) is 0 Å². The lowest BCUT2D eigenvalue weighted by molar-refractivity contribution is 0.404. The monoisotopic (exact) mass is 232 g/mol. The molecule has 1 heterocycles. The van der Waals surface area contributed by atoms with Gasteiger partial charge in [0.25, 0.3) is 0 Å². The summed E-state index contributed by atoms with van der Waals surface area (Å²) in [6, 6.07) is 6.28. The minimum absolute atomic E-state index is 0.333. The summed E-state index contributed by atoms with van der Waals surface area (Å²) in [4.78, 5) is 2.47. The molecule has 0 atom stereocenters. The predicted octanol–water partition coefficient (Wildman–Crippen LogP) is 2.87. The Balaban J connectivity index is 2.03. The molecule has 3 nitrogen and oxygen atoms in total. The Kier molecular flexibility index (Phi) is 2.42. The van der Waals surface area contributed by atoms with Crippen molar-refractivity contribution in [2.75, 3.05) is 30.9 Å². The third kappa shape index (κ3) is 1.48. The van der Waals surface area contributed by atoms with Crippen LogP contribution in [-0.2, 0) is 0 Å². The molecule has 1 aliphatic carbocycles. The van der Waals surface area contributed by atoms with Crippen molar-refractivity contribution in [3.05, 3.63) is 18.2 Å². The van der Waals surface area contributed by atoms with Crippen LogP contribution in [0.1, 0.15) is 25.7 Å². The molecule has 1 saturated carbocycles. The number of likely N-dealkylation sites (N-methyl/N-ethyl adjacent to an activating group) is 1.